The summed E-state index contributed by atoms with van der Waals surface area (Å²) in [4.78, 5) is 11.4. The van der Waals surface area contributed by atoms with Crippen molar-refractivity contribution in [3.8, 4) is 0 Å². The summed E-state index contributed by atoms with van der Waals surface area (Å²) in [6, 6.07) is 5.68. The lowest BCUT2D eigenvalue weighted by atomic mass is 10.3. The first kappa shape index (κ1) is 15.6. The number of carbonyl (C=O) groups is 1. The minimum absolute atomic E-state index is 0.00606. The third-order valence-corrected chi connectivity index (χ3v) is 5.32. The molecular weight excluding hydrogens is 336 g/mol. The second-order valence-electron chi connectivity index (χ2n) is 3.95. The van der Waals surface area contributed by atoms with Gasteiger partial charge < -0.3 is 10.5 Å². The normalized spacial score (nSPS) is 11.1. The SMILES string of the molecule is COC(=O)c1sccc1S(=O)(=O)Nc1ccc(N)c(Cl)c1. The fourth-order valence-corrected chi connectivity index (χ4v) is 4.12. The minimum Gasteiger partial charge on any atom is -0.465 e. The molecule has 9 heteroatoms. The Balaban J connectivity index is 2.37. The summed E-state index contributed by atoms with van der Waals surface area (Å²) in [5.74, 6) is -0.708. The topological polar surface area (TPSA) is 98.5 Å². The van der Waals surface area contributed by atoms with Crippen molar-refractivity contribution in [2.45, 2.75) is 4.90 Å². The number of methoxy groups -OCH3 is 1. The Hall–Kier alpha value is -1.77. The van der Waals surface area contributed by atoms with Gasteiger partial charge in [-0.05, 0) is 29.6 Å². The molecular formula is C12H11ClN2O4S2. The molecule has 3 N–H and O–H groups in total. The van der Waals surface area contributed by atoms with E-state index < -0.39 is 16.0 Å². The molecule has 6 nitrogen and oxygen atoms in total. The molecule has 112 valence electrons. The molecule has 1 heterocycles. The predicted octanol–water partition coefficient (Wildman–Crippen LogP) is 2.57. The average Bonchev–Trinajstić information content (AvgIpc) is 2.92. The molecule has 0 saturated heterocycles. The smallest absolute Gasteiger partial charge is 0.349 e. The lowest BCUT2D eigenvalue weighted by Crippen LogP contribution is -2.15. The first-order valence-electron chi connectivity index (χ1n) is 5.59. The van der Waals surface area contributed by atoms with Gasteiger partial charge in [0.05, 0.1) is 23.5 Å². The Kier molecular flexibility index (Phi) is 4.40. The number of carbonyl (C=O) groups excluding carboxylic acids is 1. The third-order valence-electron chi connectivity index (χ3n) is 2.54. The van der Waals surface area contributed by atoms with Crippen LogP contribution >= 0.6 is 22.9 Å². The van der Waals surface area contributed by atoms with E-state index in [1.54, 1.807) is 0 Å². The van der Waals surface area contributed by atoms with E-state index >= 15 is 0 Å². The summed E-state index contributed by atoms with van der Waals surface area (Å²) in [6.45, 7) is 0. The second-order valence-corrected chi connectivity index (χ2v) is 6.92. The highest BCUT2D eigenvalue weighted by Crippen LogP contribution is 2.27. The maximum atomic E-state index is 12.3. The van der Waals surface area contributed by atoms with Gasteiger partial charge in [0.1, 0.15) is 9.77 Å². The van der Waals surface area contributed by atoms with Crippen LogP contribution in [0.3, 0.4) is 0 Å². The van der Waals surface area contributed by atoms with Crippen LogP contribution in [0.2, 0.25) is 5.02 Å². The van der Waals surface area contributed by atoms with Gasteiger partial charge in [-0.3, -0.25) is 4.72 Å². The first-order valence-corrected chi connectivity index (χ1v) is 8.33. The van der Waals surface area contributed by atoms with E-state index in [9.17, 15) is 13.2 Å². The summed E-state index contributed by atoms with van der Waals surface area (Å²) in [5.41, 5.74) is 6.15. The standard InChI is InChI=1S/C12H11ClN2O4S2/c1-19-12(16)11-10(4-5-20-11)21(17,18)15-7-2-3-9(14)8(13)6-7/h2-6,15H,14H2,1H3. The molecule has 0 aliphatic rings. The van der Waals surface area contributed by atoms with Crippen LogP contribution in [-0.4, -0.2) is 21.5 Å². The second kappa shape index (κ2) is 5.92. The van der Waals surface area contributed by atoms with Crippen LogP contribution < -0.4 is 10.5 Å². The quantitative estimate of drug-likeness (QED) is 0.654. The van der Waals surface area contributed by atoms with Crippen molar-refractivity contribution in [2.24, 2.45) is 0 Å². The molecule has 2 rings (SSSR count). The van der Waals surface area contributed by atoms with Crippen LogP contribution in [0.15, 0.2) is 34.5 Å². The molecule has 1 aromatic heterocycles. The van der Waals surface area contributed by atoms with Gasteiger partial charge in [0.15, 0.2) is 0 Å². The number of sulfonamides is 1. The Bertz CT molecular complexity index is 786. The van der Waals surface area contributed by atoms with E-state index in [2.05, 4.69) is 9.46 Å². The van der Waals surface area contributed by atoms with Crippen molar-refractivity contribution in [3.63, 3.8) is 0 Å². The lowest BCUT2D eigenvalue weighted by Gasteiger charge is -2.09. The summed E-state index contributed by atoms with van der Waals surface area (Å²) in [6.07, 6.45) is 0. The third kappa shape index (κ3) is 3.29. The van der Waals surface area contributed by atoms with E-state index in [-0.39, 0.29) is 20.5 Å². The highest BCUT2D eigenvalue weighted by atomic mass is 35.5. The van der Waals surface area contributed by atoms with Gasteiger partial charge in [-0.25, -0.2) is 13.2 Å². The number of nitrogens with two attached hydrogens (primary N) is 1. The van der Waals surface area contributed by atoms with Crippen molar-refractivity contribution in [1.82, 2.24) is 0 Å². The van der Waals surface area contributed by atoms with Crippen molar-refractivity contribution in [1.29, 1.82) is 0 Å². The zero-order chi connectivity index (χ0) is 15.6. The number of rotatable bonds is 4. The molecule has 0 atom stereocenters. The molecule has 0 bridgehead atoms. The van der Waals surface area contributed by atoms with Crippen LogP contribution in [0, 0.1) is 0 Å². The maximum Gasteiger partial charge on any atom is 0.349 e. The van der Waals surface area contributed by atoms with Crippen LogP contribution in [0.1, 0.15) is 9.67 Å². The fraction of sp³-hybridized carbons (Fsp3) is 0.0833. The molecule has 0 saturated carbocycles. The number of ether oxygens (including phenoxy) is 1. The monoisotopic (exact) mass is 346 g/mol. The number of hydrogen-bond acceptors (Lipinski definition) is 6. The molecule has 0 unspecified atom stereocenters. The number of esters is 1. The summed E-state index contributed by atoms with van der Waals surface area (Å²) in [5, 5.41) is 1.73. The number of halogens is 1. The Morgan fingerprint density at radius 1 is 1.38 bits per heavy atom. The van der Waals surface area contributed by atoms with Crippen molar-refractivity contribution in [2.75, 3.05) is 17.6 Å². The molecule has 0 aliphatic heterocycles. The summed E-state index contributed by atoms with van der Waals surface area (Å²) >= 11 is 6.83. The van der Waals surface area contributed by atoms with Gasteiger partial charge in [0.2, 0.25) is 0 Å². The molecule has 21 heavy (non-hydrogen) atoms. The minimum atomic E-state index is -3.93. The molecule has 0 radical (unpaired) electrons. The van der Waals surface area contributed by atoms with Crippen molar-refractivity contribution >= 4 is 50.3 Å². The largest absolute Gasteiger partial charge is 0.465 e. The van der Waals surface area contributed by atoms with E-state index in [0.717, 1.165) is 11.3 Å². The Morgan fingerprint density at radius 2 is 2.10 bits per heavy atom. The highest BCUT2D eigenvalue weighted by Gasteiger charge is 2.24. The molecule has 1 aromatic carbocycles. The molecule has 2 aromatic rings. The van der Waals surface area contributed by atoms with Crippen LogP contribution in [-0.2, 0) is 14.8 Å². The van der Waals surface area contributed by atoms with E-state index in [1.165, 1.54) is 36.8 Å². The number of thiophene rings is 1. The molecule has 0 fully saturated rings. The fourth-order valence-electron chi connectivity index (χ4n) is 1.55. The zero-order valence-electron chi connectivity index (χ0n) is 10.8. The van der Waals surface area contributed by atoms with Crippen molar-refractivity contribution < 1.29 is 17.9 Å². The predicted molar refractivity (Wildman–Crippen MR) is 82.3 cm³/mol. The summed E-state index contributed by atoms with van der Waals surface area (Å²) < 4.78 is 31.5. The highest BCUT2D eigenvalue weighted by molar-refractivity contribution is 7.93. The van der Waals surface area contributed by atoms with Gasteiger partial charge in [-0.15, -0.1) is 11.3 Å². The number of nitrogens with one attached hydrogen (secondary N) is 1. The van der Waals surface area contributed by atoms with Gasteiger partial charge in [0.25, 0.3) is 10.0 Å². The Labute approximate surface area is 130 Å². The van der Waals surface area contributed by atoms with Crippen molar-refractivity contribution in [3.05, 3.63) is 39.5 Å². The number of benzene rings is 1. The molecule has 0 amide bonds. The summed E-state index contributed by atoms with van der Waals surface area (Å²) in [7, 11) is -2.74. The van der Waals surface area contributed by atoms with Gasteiger partial charge in [-0.1, -0.05) is 11.6 Å². The van der Waals surface area contributed by atoms with E-state index in [0.29, 0.717) is 5.69 Å². The van der Waals surface area contributed by atoms with Gasteiger partial charge in [-0.2, -0.15) is 0 Å². The number of nitrogen functional groups attached to an aromatic ring is 1. The Morgan fingerprint density at radius 3 is 2.71 bits per heavy atom. The van der Waals surface area contributed by atoms with Crippen LogP contribution in [0.25, 0.3) is 0 Å². The van der Waals surface area contributed by atoms with E-state index in [4.69, 9.17) is 17.3 Å². The zero-order valence-corrected chi connectivity index (χ0v) is 13.2. The maximum absolute atomic E-state index is 12.3. The average molecular weight is 347 g/mol. The number of hydrogen-bond donors (Lipinski definition) is 2. The lowest BCUT2D eigenvalue weighted by molar-refractivity contribution is 0.0602. The van der Waals surface area contributed by atoms with Crippen LogP contribution in [0.5, 0.6) is 0 Å². The van der Waals surface area contributed by atoms with Gasteiger partial charge >= 0.3 is 5.97 Å². The van der Waals surface area contributed by atoms with E-state index in [1.807, 2.05) is 0 Å². The first-order chi connectivity index (χ1) is 9.85. The van der Waals surface area contributed by atoms with Crippen LogP contribution in [0.4, 0.5) is 11.4 Å². The molecule has 0 aliphatic carbocycles. The number of anilines is 2. The molecule has 0 spiro atoms. The van der Waals surface area contributed by atoms with Gasteiger partial charge in [0, 0.05) is 0 Å².